The molecule has 0 fully saturated rings. The minimum atomic E-state index is -0.778. The van der Waals surface area contributed by atoms with Gasteiger partial charge in [-0.05, 0) is 38.3 Å². The van der Waals surface area contributed by atoms with E-state index < -0.39 is 11.6 Å². The summed E-state index contributed by atoms with van der Waals surface area (Å²) in [5.74, 6) is -1.55. The van der Waals surface area contributed by atoms with Crippen LogP contribution < -0.4 is 5.32 Å². The lowest BCUT2D eigenvalue weighted by molar-refractivity contribution is 0.405. The Balaban J connectivity index is 2.73. The van der Waals surface area contributed by atoms with Crippen LogP contribution in [0.1, 0.15) is 39.2 Å². The van der Waals surface area contributed by atoms with Gasteiger partial charge in [-0.3, -0.25) is 0 Å². The second-order valence-corrected chi connectivity index (χ2v) is 5.17. The third-order valence-electron chi connectivity index (χ3n) is 2.45. The quantitative estimate of drug-likeness (QED) is 0.834. The summed E-state index contributed by atoms with van der Waals surface area (Å²) in [4.78, 5) is 0. The van der Waals surface area contributed by atoms with Gasteiger partial charge in [-0.15, -0.1) is 0 Å². The van der Waals surface area contributed by atoms with Crippen LogP contribution in [0.5, 0.6) is 0 Å². The molecular formula is C13H19F2N. The van der Waals surface area contributed by atoms with Crippen molar-refractivity contribution in [3.63, 3.8) is 0 Å². The number of halogens is 2. The maximum Gasteiger partial charge on any atom is 0.162 e. The van der Waals surface area contributed by atoms with Crippen molar-refractivity contribution in [1.29, 1.82) is 0 Å². The molecular weight excluding hydrogens is 208 g/mol. The van der Waals surface area contributed by atoms with Crippen LogP contribution in [0.3, 0.4) is 0 Å². The van der Waals surface area contributed by atoms with Crippen LogP contribution in [0.25, 0.3) is 0 Å². The zero-order chi connectivity index (χ0) is 12.3. The molecule has 0 amide bonds. The fraction of sp³-hybridized carbons (Fsp3) is 0.538. The van der Waals surface area contributed by atoms with Crippen molar-refractivity contribution >= 4 is 0 Å². The topological polar surface area (TPSA) is 12.0 Å². The van der Waals surface area contributed by atoms with Crippen LogP contribution in [0, 0.1) is 11.6 Å². The van der Waals surface area contributed by atoms with Crippen molar-refractivity contribution in [3.8, 4) is 0 Å². The zero-order valence-electron chi connectivity index (χ0n) is 10.3. The van der Waals surface area contributed by atoms with E-state index in [0.29, 0.717) is 12.1 Å². The van der Waals surface area contributed by atoms with Crippen LogP contribution in [0.2, 0.25) is 0 Å². The average Bonchev–Trinajstić information content (AvgIpc) is 2.17. The Morgan fingerprint density at radius 1 is 1.25 bits per heavy atom. The third kappa shape index (κ3) is 3.56. The molecule has 0 aliphatic rings. The Morgan fingerprint density at radius 2 is 1.88 bits per heavy atom. The van der Waals surface area contributed by atoms with E-state index in [2.05, 4.69) is 5.32 Å². The lowest BCUT2D eigenvalue weighted by Gasteiger charge is -2.23. The van der Waals surface area contributed by atoms with E-state index in [4.69, 9.17) is 0 Å². The molecule has 0 aliphatic carbocycles. The maximum atomic E-state index is 13.5. The van der Waals surface area contributed by atoms with E-state index >= 15 is 0 Å². The van der Waals surface area contributed by atoms with Crippen LogP contribution in [-0.4, -0.2) is 12.1 Å². The fourth-order valence-corrected chi connectivity index (χ4v) is 1.47. The standard InChI is InChI=1S/C13H19F2N/c1-9(8-16-13(2,3)4)10-6-5-7-11(14)12(10)15/h5-7,9,16H,8H2,1-4H3. The molecule has 90 valence electrons. The first-order chi connectivity index (χ1) is 7.31. The van der Waals surface area contributed by atoms with Gasteiger partial charge in [0.05, 0.1) is 0 Å². The Kier molecular flexibility index (Phi) is 4.03. The first kappa shape index (κ1) is 13.1. The molecule has 3 heteroatoms. The van der Waals surface area contributed by atoms with Gasteiger partial charge in [0, 0.05) is 12.1 Å². The molecule has 0 saturated carbocycles. The van der Waals surface area contributed by atoms with Gasteiger partial charge in [0.25, 0.3) is 0 Å². The second kappa shape index (κ2) is 4.91. The summed E-state index contributed by atoms with van der Waals surface area (Å²) in [7, 11) is 0. The molecule has 0 bridgehead atoms. The van der Waals surface area contributed by atoms with Gasteiger partial charge in [0.15, 0.2) is 11.6 Å². The number of nitrogens with one attached hydrogen (secondary N) is 1. The SMILES string of the molecule is CC(CNC(C)(C)C)c1cccc(F)c1F. The number of hydrogen-bond donors (Lipinski definition) is 1. The number of hydrogen-bond acceptors (Lipinski definition) is 1. The van der Waals surface area contributed by atoms with Crippen molar-refractivity contribution < 1.29 is 8.78 Å². The molecule has 1 atom stereocenters. The third-order valence-corrected chi connectivity index (χ3v) is 2.45. The summed E-state index contributed by atoms with van der Waals surface area (Å²) < 4.78 is 26.5. The minimum Gasteiger partial charge on any atom is -0.311 e. The van der Waals surface area contributed by atoms with Crippen LogP contribution >= 0.6 is 0 Å². The van der Waals surface area contributed by atoms with E-state index in [1.165, 1.54) is 0 Å². The largest absolute Gasteiger partial charge is 0.311 e. The highest BCUT2D eigenvalue weighted by Crippen LogP contribution is 2.20. The van der Waals surface area contributed by atoms with E-state index in [1.54, 1.807) is 12.1 Å². The van der Waals surface area contributed by atoms with Crippen molar-refractivity contribution in [3.05, 3.63) is 35.4 Å². The van der Waals surface area contributed by atoms with E-state index in [9.17, 15) is 8.78 Å². The molecule has 16 heavy (non-hydrogen) atoms. The summed E-state index contributed by atoms with van der Waals surface area (Å²) in [5.41, 5.74) is 0.412. The number of rotatable bonds is 3. The molecule has 1 unspecified atom stereocenters. The molecule has 1 aromatic carbocycles. The van der Waals surface area contributed by atoms with E-state index in [1.807, 2.05) is 27.7 Å². The lowest BCUT2D eigenvalue weighted by Crippen LogP contribution is -2.38. The molecule has 0 aromatic heterocycles. The fourth-order valence-electron chi connectivity index (χ4n) is 1.47. The Morgan fingerprint density at radius 3 is 2.44 bits per heavy atom. The molecule has 1 aromatic rings. The monoisotopic (exact) mass is 227 g/mol. The van der Waals surface area contributed by atoms with Crippen molar-refractivity contribution in [2.24, 2.45) is 0 Å². The summed E-state index contributed by atoms with van der Waals surface area (Å²) in [6.45, 7) is 8.64. The second-order valence-electron chi connectivity index (χ2n) is 5.17. The highest BCUT2D eigenvalue weighted by atomic mass is 19.2. The van der Waals surface area contributed by atoms with Crippen molar-refractivity contribution in [2.45, 2.75) is 39.2 Å². The molecule has 0 heterocycles. The Labute approximate surface area is 95.9 Å². The first-order valence-corrected chi connectivity index (χ1v) is 5.50. The van der Waals surface area contributed by atoms with E-state index in [-0.39, 0.29) is 11.5 Å². The van der Waals surface area contributed by atoms with Crippen LogP contribution in [-0.2, 0) is 0 Å². The summed E-state index contributed by atoms with van der Waals surface area (Å²) >= 11 is 0. The summed E-state index contributed by atoms with van der Waals surface area (Å²) in [6.07, 6.45) is 0. The predicted octanol–water partition coefficient (Wildman–Crippen LogP) is 3.46. The van der Waals surface area contributed by atoms with Crippen molar-refractivity contribution in [2.75, 3.05) is 6.54 Å². The molecule has 0 saturated heterocycles. The number of benzene rings is 1. The molecule has 0 spiro atoms. The van der Waals surface area contributed by atoms with Crippen LogP contribution in [0.4, 0.5) is 8.78 Å². The zero-order valence-corrected chi connectivity index (χ0v) is 10.3. The lowest BCUT2D eigenvalue weighted by atomic mass is 9.99. The minimum absolute atomic E-state index is 0.0158. The van der Waals surface area contributed by atoms with Gasteiger partial charge in [-0.2, -0.15) is 0 Å². The van der Waals surface area contributed by atoms with Crippen molar-refractivity contribution in [1.82, 2.24) is 5.32 Å². The highest BCUT2D eigenvalue weighted by Gasteiger charge is 2.16. The predicted molar refractivity (Wildman–Crippen MR) is 62.5 cm³/mol. The maximum absolute atomic E-state index is 13.5. The van der Waals surface area contributed by atoms with Gasteiger partial charge < -0.3 is 5.32 Å². The summed E-state index contributed by atoms with van der Waals surface area (Å²) in [5, 5.41) is 3.28. The molecule has 0 aliphatic heterocycles. The molecule has 0 radical (unpaired) electrons. The van der Waals surface area contributed by atoms with Gasteiger partial charge in [0.1, 0.15) is 0 Å². The molecule has 1 rings (SSSR count). The van der Waals surface area contributed by atoms with E-state index in [0.717, 1.165) is 6.07 Å². The van der Waals surface area contributed by atoms with Crippen LogP contribution in [0.15, 0.2) is 18.2 Å². The van der Waals surface area contributed by atoms with Gasteiger partial charge in [-0.1, -0.05) is 19.1 Å². The summed E-state index contributed by atoms with van der Waals surface area (Å²) in [6, 6.07) is 4.32. The smallest absolute Gasteiger partial charge is 0.162 e. The highest BCUT2D eigenvalue weighted by molar-refractivity contribution is 5.22. The Bertz CT molecular complexity index is 355. The molecule has 1 nitrogen and oxygen atoms in total. The van der Waals surface area contributed by atoms with Gasteiger partial charge >= 0.3 is 0 Å². The van der Waals surface area contributed by atoms with Gasteiger partial charge in [0.2, 0.25) is 0 Å². The normalized spacial score (nSPS) is 13.9. The van der Waals surface area contributed by atoms with Gasteiger partial charge in [-0.25, -0.2) is 8.78 Å². The Hall–Kier alpha value is -0.960. The molecule has 1 N–H and O–H groups in total. The first-order valence-electron chi connectivity index (χ1n) is 5.50. The average molecular weight is 227 g/mol.